The van der Waals surface area contributed by atoms with Crippen molar-refractivity contribution in [1.29, 1.82) is 0 Å². The largest absolute Gasteiger partial charge is 0.387 e. The van der Waals surface area contributed by atoms with Crippen molar-refractivity contribution >= 4 is 65.2 Å². The van der Waals surface area contributed by atoms with Crippen LogP contribution in [0.2, 0.25) is 0 Å². The van der Waals surface area contributed by atoms with Gasteiger partial charge in [0.15, 0.2) is 35.6 Å². The van der Waals surface area contributed by atoms with Gasteiger partial charge in [-0.05, 0) is 23.6 Å². The molecule has 0 amide bonds. The number of aliphatic hydroxyl groups is 1. The number of pyridine rings is 1. The average Bonchev–Trinajstić information content (AvgIpc) is 3.73. The number of nitrogens with zero attached hydrogens (tertiary/aromatic N) is 6. The van der Waals surface area contributed by atoms with Crippen molar-refractivity contribution in [3.05, 3.63) is 41.5 Å². The molecule has 23 heteroatoms. The number of fused-ring (bicyclic) bond motifs is 5. The van der Waals surface area contributed by atoms with E-state index < -0.39 is 81.2 Å². The number of hydrogen-bond acceptors (Lipinski definition) is 15. The number of nitrogens with one attached hydrogen (secondary N) is 1. The van der Waals surface area contributed by atoms with Gasteiger partial charge in [-0.2, -0.15) is 0 Å². The summed E-state index contributed by atoms with van der Waals surface area (Å²) in [4.78, 5) is 53.3. The maximum atomic E-state index is 16.0. The molecular formula is C21H23FN8O10P2S2. The van der Waals surface area contributed by atoms with Gasteiger partial charge in [0.05, 0.1) is 25.9 Å². The lowest BCUT2D eigenvalue weighted by Crippen LogP contribution is -2.35. The van der Waals surface area contributed by atoms with Gasteiger partial charge in [0.25, 0.3) is 0 Å². The molecule has 0 spiro atoms. The lowest BCUT2D eigenvalue weighted by Gasteiger charge is -2.27. The van der Waals surface area contributed by atoms with E-state index in [0.29, 0.717) is 0 Å². The molecule has 3 saturated heterocycles. The van der Waals surface area contributed by atoms with E-state index in [1.165, 1.54) is 40.4 Å². The molecule has 18 nitrogen and oxygen atoms in total. The second-order valence-electron chi connectivity index (χ2n) is 10.0. The van der Waals surface area contributed by atoms with Gasteiger partial charge < -0.3 is 44.1 Å². The highest BCUT2D eigenvalue weighted by Crippen LogP contribution is 2.54. The highest BCUT2D eigenvalue weighted by molar-refractivity contribution is 8.07. The number of aromatic amines is 1. The van der Waals surface area contributed by atoms with Crippen molar-refractivity contribution in [2.75, 3.05) is 18.9 Å². The molecule has 3 aliphatic heterocycles. The fourth-order valence-corrected chi connectivity index (χ4v) is 8.13. The molecule has 7 heterocycles. The molecule has 4 aromatic rings. The molecule has 6 N–H and O–H groups in total. The Hall–Kier alpha value is -2.36. The summed E-state index contributed by atoms with van der Waals surface area (Å²) in [6.45, 7) is -9.57. The van der Waals surface area contributed by atoms with Crippen LogP contribution in [0.3, 0.4) is 0 Å². The van der Waals surface area contributed by atoms with Crippen LogP contribution in [-0.2, 0) is 51.2 Å². The van der Waals surface area contributed by atoms with Crippen LogP contribution in [0.25, 0.3) is 22.3 Å². The number of anilines is 1. The molecule has 0 radical (unpaired) electrons. The topological polar surface area (TPSA) is 236 Å². The Bertz CT molecular complexity index is 1900. The number of hydrogen-bond donors (Lipinski definition) is 5. The number of nitrogens with two attached hydrogens (primary N) is 1. The third-order valence-corrected chi connectivity index (χ3v) is 10.4. The normalized spacial score (nSPS) is 38.3. The third kappa shape index (κ3) is 5.30. The summed E-state index contributed by atoms with van der Waals surface area (Å²) in [7, 11) is 0. The van der Waals surface area contributed by atoms with E-state index in [-0.39, 0.29) is 28.1 Å². The van der Waals surface area contributed by atoms with Crippen LogP contribution in [0.1, 0.15) is 12.5 Å². The number of H-pyrrole nitrogens is 1. The standard InChI is InChI=1S/C21H23FN8O10P2S2/c22-11-15-10(38-20(11)29-6-27-12-8(31)1-2-24-18(12)29)4-36-42(34,44)40-16-14(32)9(3-35-41(33,43)39-15)37-21(16)30-7-28-13-17(23)25-5-26-19(13)30/h1-2,5-7,9-11,14-16,20-21,32H,3-4H2,(H,24,31)(H,33,43)(H,34,44)(H2,23,25,26)/t9-,10-,11-,14-,15-,16-,20-,21-,41?,42?/m1/s1. The van der Waals surface area contributed by atoms with Crippen molar-refractivity contribution in [1.82, 2.24) is 34.1 Å². The van der Waals surface area contributed by atoms with Crippen molar-refractivity contribution in [3.63, 3.8) is 0 Å². The van der Waals surface area contributed by atoms with Crippen molar-refractivity contribution < 1.29 is 46.9 Å². The summed E-state index contributed by atoms with van der Waals surface area (Å²) in [6, 6.07) is 1.26. The zero-order valence-electron chi connectivity index (χ0n) is 22.0. The molecule has 2 unspecified atom stereocenters. The Balaban J connectivity index is 1.20. The molecule has 2 bridgehead atoms. The lowest BCUT2D eigenvalue weighted by atomic mass is 10.1. The van der Waals surface area contributed by atoms with E-state index >= 15 is 4.39 Å². The van der Waals surface area contributed by atoms with Crippen molar-refractivity contribution in [3.8, 4) is 0 Å². The average molecular weight is 693 g/mol. The number of aliphatic hydroxyl groups excluding tert-OH is 1. The first-order valence-electron chi connectivity index (χ1n) is 12.8. The Morgan fingerprint density at radius 1 is 0.955 bits per heavy atom. The van der Waals surface area contributed by atoms with E-state index in [1.54, 1.807) is 0 Å². The first-order valence-corrected chi connectivity index (χ1v) is 18.0. The fourth-order valence-electron chi connectivity index (χ4n) is 5.28. The zero-order chi connectivity index (χ0) is 31.0. The van der Waals surface area contributed by atoms with Crippen LogP contribution >= 0.6 is 13.4 Å². The SMILES string of the molecule is Nc1ncnc2c1ncn2[C@@H]1O[C@@H]2COP(O)(=S)O[C@H]3[C@@H](F)[C@H](n4cnc5c(=O)cc[nH]c54)O[C@@H]3COP(O)(=S)O[C@@H]1[C@@H]2O. The molecule has 236 valence electrons. The first-order chi connectivity index (χ1) is 20.9. The molecule has 0 aromatic carbocycles. The minimum atomic E-state index is -4.23. The van der Waals surface area contributed by atoms with Gasteiger partial charge in [-0.15, -0.1) is 0 Å². The molecule has 0 saturated carbocycles. The molecule has 3 aliphatic rings. The second-order valence-corrected chi connectivity index (χ2v) is 15.6. The Labute approximate surface area is 255 Å². The predicted octanol–water partition coefficient (Wildman–Crippen LogP) is -0.109. The molecule has 10 atom stereocenters. The third-order valence-electron chi connectivity index (χ3n) is 7.31. The highest BCUT2D eigenvalue weighted by Gasteiger charge is 2.53. The second kappa shape index (κ2) is 11.2. The molecule has 44 heavy (non-hydrogen) atoms. The van der Waals surface area contributed by atoms with Crippen LogP contribution in [0, 0.1) is 0 Å². The summed E-state index contributed by atoms with van der Waals surface area (Å²) in [6.07, 6.45) is -6.51. The number of aromatic nitrogens is 7. The number of alkyl halides is 1. The van der Waals surface area contributed by atoms with Crippen molar-refractivity contribution in [2.45, 2.75) is 49.1 Å². The minimum absolute atomic E-state index is 0.0425. The van der Waals surface area contributed by atoms with Gasteiger partial charge in [0.2, 0.25) is 5.43 Å². The van der Waals surface area contributed by atoms with Gasteiger partial charge in [0, 0.05) is 12.3 Å². The highest BCUT2D eigenvalue weighted by atomic mass is 32.5. The van der Waals surface area contributed by atoms with Crippen LogP contribution in [-0.4, -0.2) is 98.9 Å². The Morgan fingerprint density at radius 3 is 2.39 bits per heavy atom. The number of ether oxygens (including phenoxy) is 2. The van der Waals surface area contributed by atoms with E-state index in [4.69, 9.17) is 56.9 Å². The maximum absolute atomic E-state index is 16.0. The van der Waals surface area contributed by atoms with Crippen LogP contribution < -0.4 is 11.2 Å². The van der Waals surface area contributed by atoms with Gasteiger partial charge in [-0.3, -0.25) is 23.0 Å². The summed E-state index contributed by atoms with van der Waals surface area (Å²) < 4.78 is 52.8. The molecule has 4 aromatic heterocycles. The minimum Gasteiger partial charge on any atom is -0.387 e. The summed E-state index contributed by atoms with van der Waals surface area (Å²) >= 11 is 10.4. The molecule has 3 fully saturated rings. The van der Waals surface area contributed by atoms with Gasteiger partial charge in [-0.1, -0.05) is 0 Å². The van der Waals surface area contributed by atoms with Gasteiger partial charge in [-0.25, -0.2) is 24.3 Å². The lowest BCUT2D eigenvalue weighted by molar-refractivity contribution is -0.0602. The maximum Gasteiger partial charge on any atom is 0.325 e. The summed E-state index contributed by atoms with van der Waals surface area (Å²) in [5, 5.41) is 11.1. The summed E-state index contributed by atoms with van der Waals surface area (Å²) in [5.41, 5.74) is 6.17. The predicted molar refractivity (Wildman–Crippen MR) is 153 cm³/mol. The van der Waals surface area contributed by atoms with Crippen LogP contribution in [0.15, 0.2) is 36.0 Å². The number of rotatable bonds is 2. The van der Waals surface area contributed by atoms with Crippen molar-refractivity contribution in [2.24, 2.45) is 0 Å². The summed E-state index contributed by atoms with van der Waals surface area (Å²) in [5.74, 6) is 0.0890. The van der Waals surface area contributed by atoms with Crippen LogP contribution in [0.5, 0.6) is 0 Å². The number of nitrogen functional groups attached to an aromatic ring is 1. The number of imidazole rings is 2. The van der Waals surface area contributed by atoms with Gasteiger partial charge >= 0.3 is 13.4 Å². The van der Waals surface area contributed by atoms with Gasteiger partial charge in [0.1, 0.15) is 48.0 Å². The monoisotopic (exact) mass is 692 g/mol. The Kier molecular flexibility index (Phi) is 7.69. The number of halogens is 1. The molecule has 7 rings (SSSR count). The van der Waals surface area contributed by atoms with E-state index in [1.807, 2.05) is 0 Å². The molecule has 0 aliphatic carbocycles. The van der Waals surface area contributed by atoms with E-state index in [0.717, 1.165) is 0 Å². The Morgan fingerprint density at radius 2 is 1.61 bits per heavy atom. The van der Waals surface area contributed by atoms with E-state index in [2.05, 4.69) is 24.9 Å². The zero-order valence-corrected chi connectivity index (χ0v) is 25.4. The smallest absolute Gasteiger partial charge is 0.325 e. The quantitative estimate of drug-likeness (QED) is 0.172. The van der Waals surface area contributed by atoms with E-state index in [9.17, 15) is 19.7 Å². The fraction of sp³-hybridized carbons (Fsp3) is 0.476. The molecular weight excluding hydrogens is 669 g/mol. The first kappa shape index (κ1) is 30.3. The van der Waals surface area contributed by atoms with Crippen LogP contribution in [0.4, 0.5) is 10.2 Å².